The molecule has 1 amide bonds. The number of rotatable bonds is 5. The van der Waals surface area contributed by atoms with Crippen LogP contribution in [0.4, 0.5) is 11.4 Å². The number of carbonyl (C=O) groups is 2. The largest absolute Gasteiger partial charge is 0.478 e. The summed E-state index contributed by atoms with van der Waals surface area (Å²) >= 11 is 0.989. The summed E-state index contributed by atoms with van der Waals surface area (Å²) in [7, 11) is 0. The number of aromatic carboxylic acids is 1. The van der Waals surface area contributed by atoms with Gasteiger partial charge in [-0.2, -0.15) is 0 Å². The van der Waals surface area contributed by atoms with E-state index in [2.05, 4.69) is 14.9 Å². The van der Waals surface area contributed by atoms with Gasteiger partial charge in [0.05, 0.1) is 16.9 Å². The predicted octanol–water partition coefficient (Wildman–Crippen LogP) is 2.02. The molecule has 0 saturated carbocycles. The van der Waals surface area contributed by atoms with Crippen LogP contribution in [0.5, 0.6) is 0 Å². The fourth-order valence-corrected chi connectivity index (χ4v) is 2.41. The maximum atomic E-state index is 12.2. The molecule has 0 unspecified atom stereocenters. The van der Waals surface area contributed by atoms with E-state index in [0.717, 1.165) is 18.0 Å². The summed E-state index contributed by atoms with van der Waals surface area (Å²) in [5.41, 5.74) is 6.63. The van der Waals surface area contributed by atoms with Crippen molar-refractivity contribution in [1.82, 2.24) is 9.59 Å². The number of aryl methyl sites for hydroxylation is 1. The molecule has 21 heavy (non-hydrogen) atoms. The second-order valence-electron chi connectivity index (χ2n) is 4.36. The molecular weight excluding hydrogens is 292 g/mol. The number of nitrogens with two attached hydrogens (primary N) is 1. The summed E-state index contributed by atoms with van der Waals surface area (Å²) in [5.74, 6) is -1.57. The Balaban J connectivity index is 2.27. The highest BCUT2D eigenvalue weighted by molar-refractivity contribution is 7.08. The Bertz CT molecular complexity index is 684. The highest BCUT2D eigenvalue weighted by Gasteiger charge is 2.18. The third-order valence-corrected chi connectivity index (χ3v) is 3.54. The minimum Gasteiger partial charge on any atom is -0.478 e. The maximum absolute atomic E-state index is 12.2. The average Bonchev–Trinajstić information content (AvgIpc) is 2.89. The summed E-state index contributed by atoms with van der Waals surface area (Å²) in [6, 6.07) is 4.29. The van der Waals surface area contributed by atoms with Crippen molar-refractivity contribution in [2.24, 2.45) is 0 Å². The topological polar surface area (TPSA) is 118 Å². The van der Waals surface area contributed by atoms with Crippen molar-refractivity contribution in [3.05, 3.63) is 34.3 Å². The SMILES string of the molecule is CCCc1nnsc1C(=O)Nc1ccc(N)cc1C(=O)O. The Morgan fingerprint density at radius 2 is 2.19 bits per heavy atom. The van der Waals surface area contributed by atoms with E-state index in [9.17, 15) is 9.59 Å². The highest BCUT2D eigenvalue weighted by atomic mass is 32.1. The van der Waals surface area contributed by atoms with Crippen LogP contribution in [-0.4, -0.2) is 26.6 Å². The average molecular weight is 306 g/mol. The second-order valence-corrected chi connectivity index (χ2v) is 5.12. The van der Waals surface area contributed by atoms with E-state index in [4.69, 9.17) is 10.8 Å². The molecule has 0 bridgehead atoms. The molecule has 110 valence electrons. The van der Waals surface area contributed by atoms with Gasteiger partial charge in [0.1, 0.15) is 4.88 Å². The molecule has 0 aliphatic carbocycles. The van der Waals surface area contributed by atoms with E-state index in [1.54, 1.807) is 0 Å². The number of hydrogen-bond donors (Lipinski definition) is 3. The first kappa shape index (κ1) is 14.9. The second kappa shape index (κ2) is 6.31. The molecule has 1 aromatic carbocycles. The minimum absolute atomic E-state index is 0.0575. The van der Waals surface area contributed by atoms with Crippen molar-refractivity contribution >= 4 is 34.8 Å². The van der Waals surface area contributed by atoms with E-state index >= 15 is 0 Å². The summed E-state index contributed by atoms with van der Waals surface area (Å²) < 4.78 is 3.77. The maximum Gasteiger partial charge on any atom is 0.337 e. The zero-order chi connectivity index (χ0) is 15.4. The van der Waals surface area contributed by atoms with Crippen LogP contribution in [-0.2, 0) is 6.42 Å². The van der Waals surface area contributed by atoms with Gasteiger partial charge in [0.15, 0.2) is 0 Å². The zero-order valence-corrected chi connectivity index (χ0v) is 12.1. The molecule has 0 aliphatic heterocycles. The van der Waals surface area contributed by atoms with Crippen molar-refractivity contribution < 1.29 is 14.7 Å². The lowest BCUT2D eigenvalue weighted by Gasteiger charge is -2.08. The van der Waals surface area contributed by atoms with Crippen LogP contribution in [0.1, 0.15) is 39.1 Å². The number of hydrogen-bond acceptors (Lipinski definition) is 6. The number of nitrogens with zero attached hydrogens (tertiary/aromatic N) is 2. The molecular formula is C13H14N4O3S. The molecule has 7 nitrogen and oxygen atoms in total. The van der Waals surface area contributed by atoms with Gasteiger partial charge >= 0.3 is 5.97 Å². The fourth-order valence-electron chi connectivity index (χ4n) is 1.81. The predicted molar refractivity (Wildman–Crippen MR) is 79.7 cm³/mol. The smallest absolute Gasteiger partial charge is 0.337 e. The lowest BCUT2D eigenvalue weighted by Crippen LogP contribution is -2.15. The first-order chi connectivity index (χ1) is 10.0. The molecule has 2 aromatic rings. The molecule has 1 heterocycles. The Hall–Kier alpha value is -2.48. The number of carboxylic acid groups (broad SMARTS) is 1. The van der Waals surface area contributed by atoms with Crippen LogP contribution in [0.2, 0.25) is 0 Å². The van der Waals surface area contributed by atoms with Gasteiger partial charge in [0.2, 0.25) is 0 Å². The lowest BCUT2D eigenvalue weighted by atomic mass is 10.1. The Morgan fingerprint density at radius 1 is 1.43 bits per heavy atom. The van der Waals surface area contributed by atoms with Gasteiger partial charge in [0.25, 0.3) is 5.91 Å². The van der Waals surface area contributed by atoms with Crippen molar-refractivity contribution in [3.8, 4) is 0 Å². The van der Waals surface area contributed by atoms with E-state index in [1.807, 2.05) is 6.92 Å². The molecule has 0 aliphatic rings. The van der Waals surface area contributed by atoms with Gasteiger partial charge in [-0.1, -0.05) is 17.8 Å². The van der Waals surface area contributed by atoms with Crippen LogP contribution < -0.4 is 11.1 Å². The molecule has 0 spiro atoms. The van der Waals surface area contributed by atoms with Crippen LogP contribution in [0.15, 0.2) is 18.2 Å². The van der Waals surface area contributed by atoms with Crippen LogP contribution >= 0.6 is 11.5 Å². The van der Waals surface area contributed by atoms with Crippen LogP contribution in [0, 0.1) is 0 Å². The van der Waals surface area contributed by atoms with Crippen molar-refractivity contribution in [1.29, 1.82) is 0 Å². The third kappa shape index (κ3) is 3.34. The Kier molecular flexibility index (Phi) is 4.49. The number of nitrogen functional groups attached to an aromatic ring is 1. The van der Waals surface area contributed by atoms with Gasteiger partial charge in [0, 0.05) is 5.69 Å². The molecule has 0 radical (unpaired) electrons. The number of carboxylic acids is 1. The first-order valence-corrected chi connectivity index (χ1v) is 7.05. The van der Waals surface area contributed by atoms with Crippen LogP contribution in [0.3, 0.4) is 0 Å². The number of nitrogens with one attached hydrogen (secondary N) is 1. The van der Waals surface area contributed by atoms with Crippen LogP contribution in [0.25, 0.3) is 0 Å². The highest BCUT2D eigenvalue weighted by Crippen LogP contribution is 2.21. The summed E-state index contributed by atoms with van der Waals surface area (Å²) in [6.45, 7) is 1.98. The van der Waals surface area contributed by atoms with E-state index in [-0.39, 0.29) is 11.3 Å². The van der Waals surface area contributed by atoms with Gasteiger partial charge in [-0.25, -0.2) is 4.79 Å². The molecule has 0 saturated heterocycles. The van der Waals surface area contributed by atoms with Gasteiger partial charge in [-0.15, -0.1) is 5.10 Å². The fraction of sp³-hybridized carbons (Fsp3) is 0.231. The number of benzene rings is 1. The van der Waals surface area contributed by atoms with E-state index < -0.39 is 11.9 Å². The Morgan fingerprint density at radius 3 is 2.86 bits per heavy atom. The lowest BCUT2D eigenvalue weighted by molar-refractivity contribution is 0.0698. The molecule has 2 rings (SSSR count). The van der Waals surface area contributed by atoms with Crippen molar-refractivity contribution in [3.63, 3.8) is 0 Å². The quantitative estimate of drug-likeness (QED) is 0.727. The molecule has 4 N–H and O–H groups in total. The van der Waals surface area contributed by atoms with E-state index in [0.29, 0.717) is 22.7 Å². The third-order valence-electron chi connectivity index (χ3n) is 2.77. The van der Waals surface area contributed by atoms with Crippen molar-refractivity contribution in [2.75, 3.05) is 11.1 Å². The standard InChI is InChI=1S/C13H14N4O3S/c1-2-3-10-11(21-17-16-10)12(18)15-9-5-4-7(14)6-8(9)13(19)20/h4-6H,2-3,14H2,1H3,(H,15,18)(H,19,20). The Labute approximate surface area is 125 Å². The number of anilines is 2. The minimum atomic E-state index is -1.16. The van der Waals surface area contributed by atoms with E-state index in [1.165, 1.54) is 18.2 Å². The normalized spacial score (nSPS) is 10.3. The van der Waals surface area contributed by atoms with Crippen molar-refractivity contribution in [2.45, 2.75) is 19.8 Å². The van der Waals surface area contributed by atoms with Gasteiger partial charge < -0.3 is 16.2 Å². The first-order valence-electron chi connectivity index (χ1n) is 6.28. The molecule has 1 aromatic heterocycles. The number of carbonyl (C=O) groups excluding carboxylic acids is 1. The molecule has 0 fully saturated rings. The molecule has 0 atom stereocenters. The monoisotopic (exact) mass is 306 g/mol. The zero-order valence-electron chi connectivity index (χ0n) is 11.3. The van der Waals surface area contributed by atoms with Gasteiger partial charge in [-0.3, -0.25) is 4.79 Å². The number of amides is 1. The summed E-state index contributed by atoms with van der Waals surface area (Å²) in [4.78, 5) is 23.8. The summed E-state index contributed by atoms with van der Waals surface area (Å²) in [6.07, 6.45) is 1.49. The van der Waals surface area contributed by atoms with Gasteiger partial charge in [-0.05, 0) is 36.2 Å². The molecule has 8 heteroatoms. The summed E-state index contributed by atoms with van der Waals surface area (Å²) in [5, 5.41) is 15.6. The number of aromatic nitrogens is 2.